The summed E-state index contributed by atoms with van der Waals surface area (Å²) in [5.74, 6) is 3.46. The highest BCUT2D eigenvalue weighted by molar-refractivity contribution is 5.63. The molecule has 0 unspecified atom stereocenters. The molecule has 0 saturated heterocycles. The number of aromatic nitrogens is 3. The fourth-order valence-corrected chi connectivity index (χ4v) is 5.42. The maximum atomic E-state index is 13.5. The van der Waals surface area contributed by atoms with Gasteiger partial charge in [0.1, 0.15) is 11.6 Å². The first-order valence-corrected chi connectivity index (χ1v) is 10.7. The van der Waals surface area contributed by atoms with E-state index in [0.29, 0.717) is 11.8 Å². The molecular weight excluding hydrogens is 361 g/mol. The third-order valence-electron chi connectivity index (χ3n) is 6.79. The zero-order valence-corrected chi connectivity index (χ0v) is 16.5. The van der Waals surface area contributed by atoms with Crippen LogP contribution in [0.3, 0.4) is 0 Å². The number of rotatable bonds is 4. The van der Waals surface area contributed by atoms with Crippen molar-refractivity contribution < 1.29 is 4.39 Å². The molecule has 2 aliphatic carbocycles. The number of nitrogens with one attached hydrogen (secondary N) is 1. The van der Waals surface area contributed by atoms with E-state index in [1.165, 1.54) is 38.2 Å². The minimum absolute atomic E-state index is 0.223. The molecule has 148 valence electrons. The molecular formula is C25H26FN3. The first-order valence-electron chi connectivity index (χ1n) is 10.7. The van der Waals surface area contributed by atoms with E-state index in [2.05, 4.69) is 27.1 Å². The number of nitrogens with zero attached hydrogens (tertiary/aromatic N) is 2. The Bertz CT molecular complexity index is 978. The van der Waals surface area contributed by atoms with E-state index < -0.39 is 0 Å². The van der Waals surface area contributed by atoms with Gasteiger partial charge in [0.05, 0.1) is 5.69 Å². The summed E-state index contributed by atoms with van der Waals surface area (Å²) in [5.41, 5.74) is 2.73. The molecule has 0 radical (unpaired) electrons. The molecule has 0 bridgehead atoms. The lowest BCUT2D eigenvalue weighted by molar-refractivity contribution is 0.249. The van der Waals surface area contributed by atoms with Gasteiger partial charge in [0.25, 0.3) is 0 Å². The number of H-pyrrole nitrogens is 1. The number of pyridine rings is 1. The Hall–Kier alpha value is -2.75. The van der Waals surface area contributed by atoms with Crippen LogP contribution in [0, 0.1) is 23.6 Å². The fourth-order valence-electron chi connectivity index (χ4n) is 5.42. The Morgan fingerprint density at radius 2 is 1.97 bits per heavy atom. The van der Waals surface area contributed by atoms with Crippen molar-refractivity contribution in [1.29, 1.82) is 0 Å². The molecule has 3 nitrogen and oxygen atoms in total. The molecule has 1 N–H and O–H groups in total. The first-order chi connectivity index (χ1) is 14.3. The normalized spacial score (nSPS) is 26.7. The lowest BCUT2D eigenvalue weighted by atomic mass is 9.77. The number of hydrogen-bond donors (Lipinski definition) is 1. The van der Waals surface area contributed by atoms with Crippen LogP contribution in [0.25, 0.3) is 17.2 Å². The van der Waals surface area contributed by atoms with Gasteiger partial charge in [-0.15, -0.1) is 0 Å². The molecule has 5 rings (SSSR count). The van der Waals surface area contributed by atoms with Gasteiger partial charge in [-0.25, -0.2) is 9.37 Å². The van der Waals surface area contributed by atoms with Gasteiger partial charge >= 0.3 is 0 Å². The Balaban J connectivity index is 1.37. The second-order valence-electron chi connectivity index (χ2n) is 8.44. The highest BCUT2D eigenvalue weighted by Gasteiger charge is 2.44. The average Bonchev–Trinajstić information content (AvgIpc) is 3.40. The van der Waals surface area contributed by atoms with Crippen molar-refractivity contribution in [3.63, 3.8) is 0 Å². The summed E-state index contributed by atoms with van der Waals surface area (Å²) in [6.07, 6.45) is 16.8. The maximum Gasteiger partial charge on any atom is 0.123 e. The van der Waals surface area contributed by atoms with Crippen LogP contribution in [-0.2, 0) is 0 Å². The van der Waals surface area contributed by atoms with E-state index in [9.17, 15) is 4.39 Å². The second kappa shape index (κ2) is 7.94. The van der Waals surface area contributed by atoms with Crippen molar-refractivity contribution in [3.8, 4) is 11.1 Å². The summed E-state index contributed by atoms with van der Waals surface area (Å²) in [7, 11) is 0. The van der Waals surface area contributed by atoms with Crippen LogP contribution in [0.4, 0.5) is 4.39 Å². The third-order valence-corrected chi connectivity index (χ3v) is 6.79. The molecule has 4 atom stereocenters. The van der Waals surface area contributed by atoms with Gasteiger partial charge < -0.3 is 4.98 Å². The van der Waals surface area contributed by atoms with Crippen LogP contribution in [0.5, 0.6) is 0 Å². The number of allylic oxidation sites excluding steroid dienone is 1. The topological polar surface area (TPSA) is 41.6 Å². The van der Waals surface area contributed by atoms with Crippen molar-refractivity contribution in [2.75, 3.05) is 0 Å². The van der Waals surface area contributed by atoms with Gasteiger partial charge in [0.2, 0.25) is 0 Å². The van der Waals surface area contributed by atoms with E-state index in [0.717, 1.165) is 34.5 Å². The number of fused-ring (bicyclic) bond motifs is 1. The quantitative estimate of drug-likeness (QED) is 0.576. The monoisotopic (exact) mass is 387 g/mol. The van der Waals surface area contributed by atoms with Crippen LogP contribution in [0.15, 0.2) is 61.1 Å². The van der Waals surface area contributed by atoms with Gasteiger partial charge in [-0.2, -0.15) is 0 Å². The zero-order valence-electron chi connectivity index (χ0n) is 16.5. The van der Waals surface area contributed by atoms with Crippen LogP contribution in [0.1, 0.15) is 49.5 Å². The molecule has 0 aliphatic heterocycles. The van der Waals surface area contributed by atoms with Crippen molar-refractivity contribution in [1.82, 2.24) is 15.0 Å². The summed E-state index contributed by atoms with van der Waals surface area (Å²) in [4.78, 5) is 12.5. The van der Waals surface area contributed by atoms with Crippen molar-refractivity contribution in [3.05, 3.63) is 78.4 Å². The standard InChI is InChI=1S/C25H26FN3/c26-20-6-3-5-17(14-20)19-8-9-21(29-16-19)10-11-23-22-7-2-1-4-18(22)15-24(23)25-27-12-13-28-25/h3,5-6,8-14,16,18,22-24H,1-2,4,7,15H2,(H,27,28)/t18-,22-,23+,24+/m1/s1. The highest BCUT2D eigenvalue weighted by atomic mass is 19.1. The molecule has 29 heavy (non-hydrogen) atoms. The van der Waals surface area contributed by atoms with E-state index in [1.54, 1.807) is 12.1 Å². The van der Waals surface area contributed by atoms with Crippen molar-refractivity contribution in [2.24, 2.45) is 17.8 Å². The molecule has 2 heterocycles. The molecule has 2 aromatic heterocycles. The number of halogens is 1. The first kappa shape index (κ1) is 18.3. The molecule has 0 amide bonds. The summed E-state index contributed by atoms with van der Waals surface area (Å²) in [5, 5.41) is 0. The smallest absolute Gasteiger partial charge is 0.123 e. The number of aromatic amines is 1. The van der Waals surface area contributed by atoms with Crippen LogP contribution >= 0.6 is 0 Å². The Kier molecular flexibility index (Phi) is 5.01. The van der Waals surface area contributed by atoms with E-state index in [1.807, 2.05) is 36.8 Å². The Morgan fingerprint density at radius 1 is 1.03 bits per heavy atom. The van der Waals surface area contributed by atoms with E-state index >= 15 is 0 Å². The van der Waals surface area contributed by atoms with Crippen molar-refractivity contribution in [2.45, 2.75) is 38.0 Å². The van der Waals surface area contributed by atoms with Crippen LogP contribution in [0.2, 0.25) is 0 Å². The van der Waals surface area contributed by atoms with Gasteiger partial charge in [0.15, 0.2) is 0 Å². The maximum absolute atomic E-state index is 13.5. The predicted molar refractivity (Wildman–Crippen MR) is 114 cm³/mol. The van der Waals surface area contributed by atoms with Gasteiger partial charge in [-0.1, -0.05) is 43.5 Å². The van der Waals surface area contributed by atoms with Gasteiger partial charge in [0, 0.05) is 30.1 Å². The Labute approximate surface area is 171 Å². The lowest BCUT2D eigenvalue weighted by Gasteiger charge is -2.28. The Morgan fingerprint density at radius 3 is 2.76 bits per heavy atom. The summed E-state index contributed by atoms with van der Waals surface area (Å²) < 4.78 is 13.5. The molecule has 3 aromatic rings. The predicted octanol–water partition coefficient (Wildman–Crippen LogP) is 6.23. The average molecular weight is 388 g/mol. The van der Waals surface area contributed by atoms with Crippen molar-refractivity contribution >= 4 is 6.08 Å². The summed E-state index contributed by atoms with van der Waals surface area (Å²) >= 11 is 0. The molecule has 2 saturated carbocycles. The summed E-state index contributed by atoms with van der Waals surface area (Å²) in [6.45, 7) is 0. The fraction of sp³-hybridized carbons (Fsp3) is 0.360. The second-order valence-corrected chi connectivity index (χ2v) is 8.44. The van der Waals surface area contributed by atoms with E-state index in [4.69, 9.17) is 0 Å². The minimum Gasteiger partial charge on any atom is -0.348 e. The van der Waals surface area contributed by atoms with Gasteiger partial charge in [-0.05, 0) is 60.4 Å². The molecule has 2 aliphatic rings. The SMILES string of the molecule is Fc1cccc(-c2ccc(C=C[C@H]3[C@@H]4CCCC[C@@H]4C[C@@H]3c3ncc[nH]3)nc2)c1. The minimum atomic E-state index is -0.223. The molecule has 1 aromatic carbocycles. The number of hydrogen-bond acceptors (Lipinski definition) is 2. The lowest BCUT2D eigenvalue weighted by Crippen LogP contribution is -2.19. The van der Waals surface area contributed by atoms with Crippen LogP contribution in [-0.4, -0.2) is 15.0 Å². The molecule has 2 fully saturated rings. The van der Waals surface area contributed by atoms with E-state index in [-0.39, 0.29) is 5.82 Å². The van der Waals surface area contributed by atoms with Gasteiger partial charge in [-0.3, -0.25) is 4.98 Å². The molecule has 4 heteroatoms. The molecule has 0 spiro atoms. The largest absolute Gasteiger partial charge is 0.348 e. The summed E-state index contributed by atoms with van der Waals surface area (Å²) in [6, 6.07) is 10.7. The number of imidazole rings is 1. The third kappa shape index (κ3) is 3.76. The van der Waals surface area contributed by atoms with Crippen LogP contribution < -0.4 is 0 Å². The number of benzene rings is 1. The highest BCUT2D eigenvalue weighted by Crippen LogP contribution is 2.52. The zero-order chi connectivity index (χ0) is 19.6.